The van der Waals surface area contributed by atoms with Crippen LogP contribution in [0.3, 0.4) is 0 Å². The molecule has 0 aromatic heterocycles. The zero-order valence-corrected chi connectivity index (χ0v) is 11.5. The molecule has 1 N–H and O–H groups in total. The Morgan fingerprint density at radius 2 is 1.76 bits per heavy atom. The number of nitrogens with one attached hydrogen (secondary N) is 1. The van der Waals surface area contributed by atoms with Crippen molar-refractivity contribution in [1.82, 2.24) is 5.32 Å². The highest BCUT2D eigenvalue weighted by Crippen LogP contribution is 2.17. The van der Waals surface area contributed by atoms with Crippen LogP contribution in [0.5, 0.6) is 5.75 Å². The fourth-order valence-corrected chi connectivity index (χ4v) is 2.02. The number of halogens is 2. The average Bonchev–Trinajstić information content (AvgIpc) is 2.47. The molecule has 0 aliphatic rings. The molecule has 21 heavy (non-hydrogen) atoms. The monoisotopic (exact) mass is 291 g/mol. The van der Waals surface area contributed by atoms with Crippen LogP contribution < -0.4 is 10.1 Å². The number of hydrogen-bond donors (Lipinski definition) is 1. The summed E-state index contributed by atoms with van der Waals surface area (Å²) in [4.78, 5) is 11.8. The minimum Gasteiger partial charge on any atom is -0.496 e. The Balaban J connectivity index is 1.99. The Morgan fingerprint density at radius 1 is 1.10 bits per heavy atom. The molecule has 0 aliphatic carbocycles. The number of carbonyl (C=O) groups excluding carboxylic acids is 1. The molecule has 0 unspecified atom stereocenters. The summed E-state index contributed by atoms with van der Waals surface area (Å²) < 4.78 is 32.1. The van der Waals surface area contributed by atoms with Crippen LogP contribution in [0.15, 0.2) is 42.5 Å². The van der Waals surface area contributed by atoms with Crippen LogP contribution in [-0.4, -0.2) is 19.6 Å². The summed E-state index contributed by atoms with van der Waals surface area (Å²) in [6, 6.07) is 10.7. The zero-order valence-electron chi connectivity index (χ0n) is 11.5. The quantitative estimate of drug-likeness (QED) is 0.920. The van der Waals surface area contributed by atoms with Crippen LogP contribution in [0.2, 0.25) is 0 Å². The van der Waals surface area contributed by atoms with E-state index in [4.69, 9.17) is 4.74 Å². The van der Waals surface area contributed by atoms with Crippen LogP contribution in [0.25, 0.3) is 0 Å². The summed E-state index contributed by atoms with van der Waals surface area (Å²) >= 11 is 0. The summed E-state index contributed by atoms with van der Waals surface area (Å²) in [7, 11) is 1.56. The molecule has 2 aromatic carbocycles. The molecule has 0 heterocycles. The van der Waals surface area contributed by atoms with Gasteiger partial charge in [0.15, 0.2) is 0 Å². The molecule has 0 saturated heterocycles. The standard InChI is InChI=1S/C16H15F2NO2/c1-21-14-8-3-2-5-11(14)9-10-19-16(20)15-12(17)6-4-7-13(15)18/h2-8H,9-10H2,1H3,(H,19,20). The lowest BCUT2D eigenvalue weighted by molar-refractivity contribution is 0.0945. The summed E-state index contributed by atoms with van der Waals surface area (Å²) in [6.45, 7) is 0.257. The minimum absolute atomic E-state index is 0.257. The molecule has 2 rings (SSSR count). The SMILES string of the molecule is COc1ccccc1CCNC(=O)c1c(F)cccc1F. The van der Waals surface area contributed by atoms with E-state index in [2.05, 4.69) is 5.32 Å². The van der Waals surface area contributed by atoms with Crippen molar-refractivity contribution in [3.05, 3.63) is 65.2 Å². The smallest absolute Gasteiger partial charge is 0.257 e. The molecule has 0 aliphatic heterocycles. The molecule has 0 saturated carbocycles. The van der Waals surface area contributed by atoms with Gasteiger partial charge in [-0.2, -0.15) is 0 Å². The van der Waals surface area contributed by atoms with Crippen LogP contribution in [-0.2, 0) is 6.42 Å². The number of benzene rings is 2. The maximum Gasteiger partial charge on any atom is 0.257 e. The molecule has 0 spiro atoms. The van der Waals surface area contributed by atoms with Crippen molar-refractivity contribution in [3.8, 4) is 5.75 Å². The first-order chi connectivity index (χ1) is 10.1. The van der Waals surface area contributed by atoms with E-state index in [0.29, 0.717) is 12.2 Å². The van der Waals surface area contributed by atoms with E-state index in [1.807, 2.05) is 24.3 Å². The van der Waals surface area contributed by atoms with E-state index in [9.17, 15) is 13.6 Å². The normalized spacial score (nSPS) is 10.2. The van der Waals surface area contributed by atoms with Gasteiger partial charge in [0, 0.05) is 6.54 Å². The molecule has 1 amide bonds. The average molecular weight is 291 g/mol. The Bertz CT molecular complexity index is 624. The number of ether oxygens (including phenoxy) is 1. The number of carbonyl (C=O) groups is 1. The Hall–Kier alpha value is -2.43. The fourth-order valence-electron chi connectivity index (χ4n) is 2.02. The van der Waals surface area contributed by atoms with Crippen molar-refractivity contribution in [1.29, 1.82) is 0 Å². The van der Waals surface area contributed by atoms with E-state index in [1.54, 1.807) is 7.11 Å². The Labute approximate surface area is 121 Å². The molecule has 2 aromatic rings. The van der Waals surface area contributed by atoms with Crippen molar-refractivity contribution >= 4 is 5.91 Å². The zero-order chi connectivity index (χ0) is 15.2. The third-order valence-corrected chi connectivity index (χ3v) is 3.06. The van der Waals surface area contributed by atoms with Crippen molar-refractivity contribution in [2.45, 2.75) is 6.42 Å². The minimum atomic E-state index is -0.871. The lowest BCUT2D eigenvalue weighted by Crippen LogP contribution is -2.27. The first kappa shape index (κ1) is 15.0. The maximum absolute atomic E-state index is 13.4. The number of para-hydroxylation sites is 1. The second kappa shape index (κ2) is 6.83. The third-order valence-electron chi connectivity index (χ3n) is 3.06. The van der Waals surface area contributed by atoms with Crippen molar-refractivity contribution in [2.75, 3.05) is 13.7 Å². The van der Waals surface area contributed by atoms with Gasteiger partial charge in [0.2, 0.25) is 0 Å². The van der Waals surface area contributed by atoms with Crippen molar-refractivity contribution in [2.24, 2.45) is 0 Å². The molecular formula is C16H15F2NO2. The highest BCUT2D eigenvalue weighted by molar-refractivity contribution is 5.94. The molecule has 0 fully saturated rings. The highest BCUT2D eigenvalue weighted by Gasteiger charge is 2.16. The van der Waals surface area contributed by atoms with Gasteiger partial charge in [-0.1, -0.05) is 24.3 Å². The Kier molecular flexibility index (Phi) is 4.87. The number of rotatable bonds is 5. The topological polar surface area (TPSA) is 38.3 Å². The maximum atomic E-state index is 13.4. The molecule has 0 atom stereocenters. The molecule has 0 bridgehead atoms. The summed E-state index contributed by atoms with van der Waals surface area (Å²) in [5.41, 5.74) is 0.354. The first-order valence-electron chi connectivity index (χ1n) is 6.47. The highest BCUT2D eigenvalue weighted by atomic mass is 19.1. The van der Waals surface area contributed by atoms with E-state index in [-0.39, 0.29) is 6.54 Å². The summed E-state index contributed by atoms with van der Waals surface area (Å²) in [5, 5.41) is 2.51. The Morgan fingerprint density at radius 3 is 2.43 bits per heavy atom. The first-order valence-corrected chi connectivity index (χ1v) is 6.47. The fraction of sp³-hybridized carbons (Fsp3) is 0.188. The van der Waals surface area contributed by atoms with Gasteiger partial charge in [0.25, 0.3) is 5.91 Å². The summed E-state index contributed by atoms with van der Waals surface area (Å²) in [6.07, 6.45) is 0.506. The third kappa shape index (κ3) is 3.56. The van der Waals surface area contributed by atoms with Crippen molar-refractivity contribution < 1.29 is 18.3 Å². The van der Waals surface area contributed by atoms with Gasteiger partial charge < -0.3 is 10.1 Å². The van der Waals surface area contributed by atoms with Crippen LogP contribution in [0.1, 0.15) is 15.9 Å². The van der Waals surface area contributed by atoms with Crippen LogP contribution in [0, 0.1) is 11.6 Å². The van der Waals surface area contributed by atoms with Crippen molar-refractivity contribution in [3.63, 3.8) is 0 Å². The molecule has 3 nitrogen and oxygen atoms in total. The van der Waals surface area contributed by atoms with E-state index < -0.39 is 23.1 Å². The second-order valence-electron chi connectivity index (χ2n) is 4.41. The summed E-state index contributed by atoms with van der Waals surface area (Å²) in [5.74, 6) is -1.79. The van der Waals surface area contributed by atoms with E-state index in [0.717, 1.165) is 17.7 Å². The lowest BCUT2D eigenvalue weighted by Gasteiger charge is -2.09. The van der Waals surface area contributed by atoms with Crippen LogP contribution >= 0.6 is 0 Å². The van der Waals surface area contributed by atoms with Gasteiger partial charge >= 0.3 is 0 Å². The molecule has 110 valence electrons. The number of methoxy groups -OCH3 is 1. The lowest BCUT2D eigenvalue weighted by atomic mass is 10.1. The van der Waals surface area contributed by atoms with Gasteiger partial charge in [0.05, 0.1) is 7.11 Å². The molecule has 0 radical (unpaired) electrons. The second-order valence-corrected chi connectivity index (χ2v) is 4.41. The van der Waals surface area contributed by atoms with E-state index >= 15 is 0 Å². The van der Waals surface area contributed by atoms with Gasteiger partial charge in [-0.05, 0) is 30.2 Å². The number of amides is 1. The predicted octanol–water partition coefficient (Wildman–Crippen LogP) is 2.95. The van der Waals surface area contributed by atoms with Gasteiger partial charge in [-0.25, -0.2) is 8.78 Å². The van der Waals surface area contributed by atoms with E-state index in [1.165, 1.54) is 6.07 Å². The number of hydrogen-bond acceptors (Lipinski definition) is 2. The van der Waals surface area contributed by atoms with Gasteiger partial charge in [-0.15, -0.1) is 0 Å². The van der Waals surface area contributed by atoms with Gasteiger partial charge in [0.1, 0.15) is 22.9 Å². The molecular weight excluding hydrogens is 276 g/mol. The predicted molar refractivity (Wildman–Crippen MR) is 75.4 cm³/mol. The largest absolute Gasteiger partial charge is 0.496 e. The molecule has 5 heteroatoms. The van der Waals surface area contributed by atoms with Gasteiger partial charge in [-0.3, -0.25) is 4.79 Å². The van der Waals surface area contributed by atoms with Crippen LogP contribution in [0.4, 0.5) is 8.78 Å².